The van der Waals surface area contributed by atoms with Gasteiger partial charge in [-0.2, -0.15) is 0 Å². The third kappa shape index (κ3) is 1.69. The highest BCUT2D eigenvalue weighted by atomic mass is 16.4. The van der Waals surface area contributed by atoms with Crippen molar-refractivity contribution in [2.45, 2.75) is 31.7 Å². The Morgan fingerprint density at radius 1 is 1.40 bits per heavy atom. The summed E-state index contributed by atoms with van der Waals surface area (Å²) in [6.45, 7) is 2.12. The van der Waals surface area contributed by atoms with Gasteiger partial charge in [0.2, 0.25) is 0 Å². The molecule has 1 aliphatic carbocycles. The monoisotopic (exact) mass is 205 g/mol. The van der Waals surface area contributed by atoms with Gasteiger partial charge in [-0.25, -0.2) is 4.79 Å². The summed E-state index contributed by atoms with van der Waals surface area (Å²) < 4.78 is 0. The van der Waals surface area contributed by atoms with Crippen molar-refractivity contribution in [3.8, 4) is 0 Å². The molecule has 3 nitrogen and oxygen atoms in total. The molecule has 0 bridgehead atoms. The molecule has 0 radical (unpaired) electrons. The number of rotatable bonds is 3. The number of hydrogen-bond acceptors (Lipinski definition) is 1. The average molecular weight is 205 g/mol. The van der Waals surface area contributed by atoms with Crippen molar-refractivity contribution in [2.24, 2.45) is 0 Å². The van der Waals surface area contributed by atoms with E-state index in [4.69, 9.17) is 5.11 Å². The molecule has 0 fully saturated rings. The van der Waals surface area contributed by atoms with Crippen LogP contribution in [0.4, 0.5) is 4.79 Å². The summed E-state index contributed by atoms with van der Waals surface area (Å²) in [5, 5.41) is 11.3. The molecule has 80 valence electrons. The van der Waals surface area contributed by atoms with Crippen molar-refractivity contribution in [3.05, 3.63) is 35.4 Å². The molecule has 0 saturated carbocycles. The number of nitrogens with one attached hydrogen (secondary N) is 1. The van der Waals surface area contributed by atoms with E-state index < -0.39 is 6.09 Å². The quantitative estimate of drug-likeness (QED) is 0.797. The van der Waals surface area contributed by atoms with E-state index in [1.807, 2.05) is 18.2 Å². The van der Waals surface area contributed by atoms with E-state index in [2.05, 4.69) is 18.3 Å². The number of fused-ring (bicyclic) bond motifs is 1. The molecule has 2 atom stereocenters. The summed E-state index contributed by atoms with van der Waals surface area (Å²) >= 11 is 0. The smallest absolute Gasteiger partial charge is 0.405 e. The maximum atomic E-state index is 10.7. The molecule has 2 unspecified atom stereocenters. The van der Waals surface area contributed by atoms with Crippen molar-refractivity contribution < 1.29 is 9.90 Å². The highest BCUT2D eigenvalue weighted by molar-refractivity contribution is 5.67. The fourth-order valence-electron chi connectivity index (χ4n) is 2.38. The van der Waals surface area contributed by atoms with Crippen LogP contribution in [0.3, 0.4) is 0 Å². The third-order valence-corrected chi connectivity index (χ3v) is 3.01. The van der Waals surface area contributed by atoms with E-state index >= 15 is 0 Å². The standard InChI is InChI=1S/C12H15NO2/c1-2-5-9-8-6-3-4-7-10(8)11(9)13-12(14)15/h3-4,6-7,9,11,13H,2,5H2,1H3,(H,14,15). The zero-order valence-corrected chi connectivity index (χ0v) is 8.73. The van der Waals surface area contributed by atoms with Crippen LogP contribution in [0.25, 0.3) is 0 Å². The van der Waals surface area contributed by atoms with Crippen LogP contribution >= 0.6 is 0 Å². The second-order valence-corrected chi connectivity index (χ2v) is 3.95. The molecule has 0 heterocycles. The van der Waals surface area contributed by atoms with Crippen molar-refractivity contribution in [2.75, 3.05) is 0 Å². The predicted molar refractivity (Wildman–Crippen MR) is 58.0 cm³/mol. The number of hydrogen-bond donors (Lipinski definition) is 2. The predicted octanol–water partition coefficient (Wildman–Crippen LogP) is 2.89. The van der Waals surface area contributed by atoms with Gasteiger partial charge in [0, 0.05) is 5.92 Å². The minimum atomic E-state index is -0.935. The van der Waals surface area contributed by atoms with E-state index in [1.54, 1.807) is 0 Å². The molecule has 1 aliphatic rings. The molecule has 0 aliphatic heterocycles. The Bertz CT molecular complexity index is 376. The first-order valence-corrected chi connectivity index (χ1v) is 5.32. The Labute approximate surface area is 89.1 Å². The summed E-state index contributed by atoms with van der Waals surface area (Å²) in [7, 11) is 0. The van der Waals surface area contributed by atoms with E-state index in [0.717, 1.165) is 18.4 Å². The Kier molecular flexibility index (Phi) is 2.62. The maximum Gasteiger partial charge on any atom is 0.405 e. The lowest BCUT2D eigenvalue weighted by Gasteiger charge is -2.39. The number of benzene rings is 1. The minimum absolute atomic E-state index is 0.00125. The van der Waals surface area contributed by atoms with E-state index in [1.165, 1.54) is 5.56 Å². The largest absolute Gasteiger partial charge is 0.465 e. The first kappa shape index (κ1) is 10.0. The van der Waals surface area contributed by atoms with Crippen LogP contribution in [0.1, 0.15) is 42.9 Å². The van der Waals surface area contributed by atoms with Gasteiger partial charge in [0.15, 0.2) is 0 Å². The summed E-state index contributed by atoms with van der Waals surface area (Å²) in [5.74, 6) is 0.363. The van der Waals surface area contributed by atoms with E-state index in [9.17, 15) is 4.79 Å². The Morgan fingerprint density at radius 2 is 2.07 bits per heavy atom. The third-order valence-electron chi connectivity index (χ3n) is 3.01. The molecule has 2 N–H and O–H groups in total. The molecule has 1 amide bonds. The van der Waals surface area contributed by atoms with Gasteiger partial charge >= 0.3 is 6.09 Å². The first-order chi connectivity index (χ1) is 7.24. The lowest BCUT2D eigenvalue weighted by Crippen LogP contribution is -2.38. The van der Waals surface area contributed by atoms with E-state index in [0.29, 0.717) is 5.92 Å². The van der Waals surface area contributed by atoms with Gasteiger partial charge in [-0.3, -0.25) is 0 Å². The van der Waals surface area contributed by atoms with Crippen LogP contribution in [0.5, 0.6) is 0 Å². The second-order valence-electron chi connectivity index (χ2n) is 3.95. The first-order valence-electron chi connectivity index (χ1n) is 5.32. The highest BCUT2D eigenvalue weighted by Gasteiger charge is 2.37. The molecule has 3 heteroatoms. The number of amides is 1. The van der Waals surface area contributed by atoms with Gasteiger partial charge in [0.05, 0.1) is 6.04 Å². The molecule has 1 aromatic rings. The van der Waals surface area contributed by atoms with E-state index in [-0.39, 0.29) is 6.04 Å². The van der Waals surface area contributed by atoms with Crippen molar-refractivity contribution in [1.29, 1.82) is 0 Å². The molecule has 2 rings (SSSR count). The van der Waals surface area contributed by atoms with Crippen LogP contribution in [0, 0.1) is 0 Å². The summed E-state index contributed by atoms with van der Waals surface area (Å²) in [5.41, 5.74) is 2.44. The van der Waals surface area contributed by atoms with Crippen LogP contribution in [-0.4, -0.2) is 11.2 Å². The molecule has 0 spiro atoms. The van der Waals surface area contributed by atoms with Crippen LogP contribution in [-0.2, 0) is 0 Å². The van der Waals surface area contributed by atoms with Gasteiger partial charge < -0.3 is 10.4 Å². The molecule has 0 aromatic heterocycles. The van der Waals surface area contributed by atoms with Gasteiger partial charge in [-0.1, -0.05) is 37.6 Å². The van der Waals surface area contributed by atoms with Crippen LogP contribution in [0.2, 0.25) is 0 Å². The zero-order chi connectivity index (χ0) is 10.8. The SMILES string of the molecule is CCCC1c2ccccc2C1NC(=O)O. The maximum absolute atomic E-state index is 10.7. The van der Waals surface area contributed by atoms with Gasteiger partial charge in [0.25, 0.3) is 0 Å². The second kappa shape index (κ2) is 3.93. The Morgan fingerprint density at radius 3 is 2.67 bits per heavy atom. The molecular formula is C12H15NO2. The van der Waals surface area contributed by atoms with Crippen molar-refractivity contribution in [3.63, 3.8) is 0 Å². The molecular weight excluding hydrogens is 190 g/mol. The molecule has 15 heavy (non-hydrogen) atoms. The topological polar surface area (TPSA) is 49.3 Å². The average Bonchev–Trinajstić information content (AvgIpc) is 2.23. The van der Waals surface area contributed by atoms with Crippen LogP contribution < -0.4 is 5.32 Å². The number of carbonyl (C=O) groups is 1. The normalized spacial score (nSPS) is 22.7. The van der Waals surface area contributed by atoms with Crippen LogP contribution in [0.15, 0.2) is 24.3 Å². The number of carboxylic acid groups (broad SMARTS) is 1. The van der Waals surface area contributed by atoms with Crippen molar-refractivity contribution in [1.82, 2.24) is 5.32 Å². The summed E-state index contributed by atoms with van der Waals surface area (Å²) in [4.78, 5) is 10.7. The highest BCUT2D eigenvalue weighted by Crippen LogP contribution is 2.47. The fourth-order valence-corrected chi connectivity index (χ4v) is 2.38. The fraction of sp³-hybridized carbons (Fsp3) is 0.417. The Balaban J connectivity index is 2.20. The van der Waals surface area contributed by atoms with Gasteiger partial charge in [-0.05, 0) is 17.5 Å². The lowest BCUT2D eigenvalue weighted by atomic mass is 9.71. The lowest BCUT2D eigenvalue weighted by molar-refractivity contribution is 0.184. The zero-order valence-electron chi connectivity index (χ0n) is 8.73. The summed E-state index contributed by atoms with van der Waals surface area (Å²) in [6, 6.07) is 8.06. The van der Waals surface area contributed by atoms with Gasteiger partial charge in [-0.15, -0.1) is 0 Å². The van der Waals surface area contributed by atoms with Crippen molar-refractivity contribution >= 4 is 6.09 Å². The summed E-state index contributed by atoms with van der Waals surface area (Å²) in [6.07, 6.45) is 1.19. The van der Waals surface area contributed by atoms with Gasteiger partial charge in [0.1, 0.15) is 0 Å². The molecule has 0 saturated heterocycles. The minimum Gasteiger partial charge on any atom is -0.465 e. The molecule has 1 aromatic carbocycles. The Hall–Kier alpha value is -1.51.